The molecule has 3 aromatic carbocycles. The number of nitrogens with zero attached hydrogens (tertiary/aromatic N) is 1. The quantitative estimate of drug-likeness (QED) is 0.316. The lowest BCUT2D eigenvalue weighted by atomic mass is 10.1. The van der Waals surface area contributed by atoms with Gasteiger partial charge in [0.25, 0.3) is 0 Å². The summed E-state index contributed by atoms with van der Waals surface area (Å²) >= 11 is 0. The van der Waals surface area contributed by atoms with Crippen LogP contribution in [0.2, 0.25) is 0 Å². The SMILES string of the molecule is Cl.O=C(Cc1ccc2ccccc2n1)Nc1ccc(CCNC[C@H](O)c2ccccc2)cc1. The predicted octanol–water partition coefficient (Wildman–Crippen LogP) is 4.70. The Balaban J connectivity index is 0.00000306. The molecule has 1 aromatic heterocycles. The molecule has 1 atom stereocenters. The summed E-state index contributed by atoms with van der Waals surface area (Å²) in [7, 11) is 0. The summed E-state index contributed by atoms with van der Waals surface area (Å²) in [5, 5.41) is 17.5. The Hall–Kier alpha value is -3.25. The smallest absolute Gasteiger partial charge is 0.230 e. The number of rotatable bonds is 9. The number of hydrogen-bond acceptors (Lipinski definition) is 4. The highest BCUT2D eigenvalue weighted by molar-refractivity contribution is 5.92. The lowest BCUT2D eigenvalue weighted by Crippen LogP contribution is -2.23. The fourth-order valence-electron chi connectivity index (χ4n) is 3.60. The molecule has 4 aromatic rings. The van der Waals surface area contributed by atoms with Gasteiger partial charge in [0.15, 0.2) is 0 Å². The summed E-state index contributed by atoms with van der Waals surface area (Å²) in [6.07, 6.45) is 0.572. The third-order valence-corrected chi connectivity index (χ3v) is 5.35. The molecule has 1 heterocycles. The Morgan fingerprint density at radius 2 is 1.61 bits per heavy atom. The molecule has 6 heteroatoms. The van der Waals surface area contributed by atoms with Gasteiger partial charge in [-0.3, -0.25) is 9.78 Å². The highest BCUT2D eigenvalue weighted by Crippen LogP contribution is 2.14. The zero-order chi connectivity index (χ0) is 22.2. The Labute approximate surface area is 200 Å². The largest absolute Gasteiger partial charge is 0.387 e. The number of amides is 1. The Kier molecular flexibility index (Phi) is 8.95. The number of nitrogens with one attached hydrogen (secondary N) is 2. The molecule has 0 spiro atoms. The van der Waals surface area contributed by atoms with Crippen LogP contribution in [0, 0.1) is 0 Å². The van der Waals surface area contributed by atoms with Gasteiger partial charge in [0.05, 0.1) is 23.7 Å². The number of halogens is 1. The van der Waals surface area contributed by atoms with Crippen molar-refractivity contribution in [3.05, 3.63) is 108 Å². The van der Waals surface area contributed by atoms with Crippen LogP contribution in [-0.4, -0.2) is 29.1 Å². The number of carbonyl (C=O) groups is 1. The summed E-state index contributed by atoms with van der Waals surface area (Å²) in [5.74, 6) is -0.0860. The van der Waals surface area contributed by atoms with Crippen molar-refractivity contribution in [1.82, 2.24) is 10.3 Å². The number of para-hydroxylation sites is 1. The zero-order valence-corrected chi connectivity index (χ0v) is 19.1. The number of benzene rings is 3. The first-order chi connectivity index (χ1) is 15.7. The van der Waals surface area contributed by atoms with E-state index in [0.29, 0.717) is 6.54 Å². The van der Waals surface area contributed by atoms with Gasteiger partial charge in [-0.1, -0.05) is 66.7 Å². The number of anilines is 1. The molecule has 170 valence electrons. The average molecular weight is 462 g/mol. The molecular weight excluding hydrogens is 434 g/mol. The van der Waals surface area contributed by atoms with Gasteiger partial charge in [-0.05, 0) is 48.4 Å². The van der Waals surface area contributed by atoms with Crippen LogP contribution < -0.4 is 10.6 Å². The lowest BCUT2D eigenvalue weighted by molar-refractivity contribution is -0.115. The minimum absolute atomic E-state index is 0. The molecule has 33 heavy (non-hydrogen) atoms. The topological polar surface area (TPSA) is 74.2 Å². The second kappa shape index (κ2) is 12.1. The third kappa shape index (κ3) is 7.12. The minimum Gasteiger partial charge on any atom is -0.387 e. The molecule has 3 N–H and O–H groups in total. The van der Waals surface area contributed by atoms with Crippen molar-refractivity contribution < 1.29 is 9.90 Å². The number of pyridine rings is 1. The standard InChI is InChI=1S/C27H27N3O2.ClH/c31-26(22-7-2-1-3-8-22)19-28-17-16-20-10-13-23(14-11-20)30-27(32)18-24-15-12-21-6-4-5-9-25(21)29-24;/h1-15,26,28,31H,16-19H2,(H,30,32);1H/t26-;/m0./s1. The molecule has 0 fully saturated rings. The zero-order valence-electron chi connectivity index (χ0n) is 18.3. The number of aromatic nitrogens is 1. The summed E-state index contributed by atoms with van der Waals surface area (Å²) in [6, 6.07) is 29.3. The van der Waals surface area contributed by atoms with Crippen molar-refractivity contribution >= 4 is 34.9 Å². The predicted molar refractivity (Wildman–Crippen MR) is 136 cm³/mol. The van der Waals surface area contributed by atoms with E-state index in [1.165, 1.54) is 5.56 Å². The molecule has 0 saturated heterocycles. The second-order valence-electron chi connectivity index (χ2n) is 7.80. The minimum atomic E-state index is -0.508. The van der Waals surface area contributed by atoms with E-state index in [2.05, 4.69) is 15.6 Å². The van der Waals surface area contributed by atoms with Crippen LogP contribution in [0.3, 0.4) is 0 Å². The first-order valence-electron chi connectivity index (χ1n) is 10.8. The molecule has 0 bridgehead atoms. The number of aliphatic hydroxyl groups is 1. The van der Waals surface area contributed by atoms with Gasteiger partial charge in [0, 0.05) is 17.6 Å². The summed E-state index contributed by atoms with van der Waals surface area (Å²) < 4.78 is 0. The van der Waals surface area contributed by atoms with E-state index in [1.54, 1.807) is 0 Å². The highest BCUT2D eigenvalue weighted by atomic mass is 35.5. The van der Waals surface area contributed by atoms with Crippen molar-refractivity contribution in [2.45, 2.75) is 18.9 Å². The molecular formula is C27H28ClN3O2. The maximum Gasteiger partial charge on any atom is 0.230 e. The first kappa shape index (κ1) is 24.4. The van der Waals surface area contributed by atoms with Crippen molar-refractivity contribution in [2.24, 2.45) is 0 Å². The molecule has 5 nitrogen and oxygen atoms in total. The van der Waals surface area contributed by atoms with Gasteiger partial charge in [0.1, 0.15) is 0 Å². The first-order valence-corrected chi connectivity index (χ1v) is 10.8. The summed E-state index contributed by atoms with van der Waals surface area (Å²) in [5.41, 5.74) is 4.50. The molecule has 1 amide bonds. The van der Waals surface area contributed by atoms with Crippen LogP contribution in [-0.2, 0) is 17.6 Å². The second-order valence-corrected chi connectivity index (χ2v) is 7.80. The van der Waals surface area contributed by atoms with E-state index in [0.717, 1.165) is 40.8 Å². The summed E-state index contributed by atoms with van der Waals surface area (Å²) in [6.45, 7) is 1.28. The van der Waals surface area contributed by atoms with Crippen molar-refractivity contribution in [2.75, 3.05) is 18.4 Å². The normalized spacial score (nSPS) is 11.5. The molecule has 0 aliphatic heterocycles. The molecule has 0 radical (unpaired) electrons. The van der Waals surface area contributed by atoms with Gasteiger partial charge >= 0.3 is 0 Å². The van der Waals surface area contributed by atoms with E-state index in [-0.39, 0.29) is 24.7 Å². The van der Waals surface area contributed by atoms with Crippen molar-refractivity contribution in [3.8, 4) is 0 Å². The maximum atomic E-state index is 12.4. The van der Waals surface area contributed by atoms with E-state index in [4.69, 9.17) is 0 Å². The molecule has 0 saturated carbocycles. The molecule has 0 unspecified atom stereocenters. The van der Waals surface area contributed by atoms with E-state index in [9.17, 15) is 9.90 Å². The van der Waals surface area contributed by atoms with Crippen LogP contribution in [0.15, 0.2) is 91.0 Å². The van der Waals surface area contributed by atoms with Gasteiger partial charge in [-0.25, -0.2) is 0 Å². The molecule has 0 aliphatic rings. The van der Waals surface area contributed by atoms with Crippen LogP contribution in [0.1, 0.15) is 22.9 Å². The van der Waals surface area contributed by atoms with Crippen LogP contribution >= 0.6 is 12.4 Å². The van der Waals surface area contributed by atoms with Crippen molar-refractivity contribution in [3.63, 3.8) is 0 Å². The molecule has 4 rings (SSSR count). The average Bonchev–Trinajstić information content (AvgIpc) is 2.83. The monoisotopic (exact) mass is 461 g/mol. The Morgan fingerprint density at radius 3 is 2.39 bits per heavy atom. The van der Waals surface area contributed by atoms with Crippen LogP contribution in [0.4, 0.5) is 5.69 Å². The highest BCUT2D eigenvalue weighted by Gasteiger charge is 2.07. The van der Waals surface area contributed by atoms with E-state index in [1.807, 2.05) is 91.0 Å². The van der Waals surface area contributed by atoms with Crippen LogP contribution in [0.25, 0.3) is 10.9 Å². The van der Waals surface area contributed by atoms with Gasteiger partial charge in [0.2, 0.25) is 5.91 Å². The number of fused-ring (bicyclic) bond motifs is 1. The van der Waals surface area contributed by atoms with E-state index >= 15 is 0 Å². The summed E-state index contributed by atoms with van der Waals surface area (Å²) in [4.78, 5) is 17.0. The Bertz CT molecular complexity index is 1170. The fraction of sp³-hybridized carbons (Fsp3) is 0.185. The number of hydrogen-bond donors (Lipinski definition) is 3. The van der Waals surface area contributed by atoms with Crippen LogP contribution in [0.5, 0.6) is 0 Å². The van der Waals surface area contributed by atoms with Crippen molar-refractivity contribution in [1.29, 1.82) is 0 Å². The van der Waals surface area contributed by atoms with E-state index < -0.39 is 6.10 Å². The maximum absolute atomic E-state index is 12.4. The van der Waals surface area contributed by atoms with Gasteiger partial charge in [-0.15, -0.1) is 12.4 Å². The number of carbonyl (C=O) groups excluding carboxylic acids is 1. The van der Waals surface area contributed by atoms with Gasteiger partial charge < -0.3 is 15.7 Å². The lowest BCUT2D eigenvalue weighted by Gasteiger charge is -2.12. The third-order valence-electron chi connectivity index (χ3n) is 5.35. The number of aliphatic hydroxyl groups excluding tert-OH is 1. The molecule has 0 aliphatic carbocycles. The fourth-order valence-corrected chi connectivity index (χ4v) is 3.60. The Morgan fingerprint density at radius 1 is 0.879 bits per heavy atom. The van der Waals surface area contributed by atoms with Gasteiger partial charge in [-0.2, -0.15) is 0 Å².